The number of hydrogen-bond acceptors (Lipinski definition) is 3. The molecular formula is C11H18N2O2. The van der Waals surface area contributed by atoms with Gasteiger partial charge in [-0.25, -0.2) is 0 Å². The van der Waals surface area contributed by atoms with E-state index in [1.807, 2.05) is 27.7 Å². The van der Waals surface area contributed by atoms with Crippen LogP contribution < -0.4 is 0 Å². The van der Waals surface area contributed by atoms with Crippen LogP contribution >= 0.6 is 0 Å². The van der Waals surface area contributed by atoms with E-state index in [1.165, 1.54) is 5.01 Å². The molecule has 0 saturated carbocycles. The van der Waals surface area contributed by atoms with Crippen molar-refractivity contribution >= 4 is 11.8 Å². The molecule has 2 aliphatic heterocycles. The average Bonchev–Trinajstić information content (AvgIpc) is 2.43. The zero-order valence-electron chi connectivity index (χ0n) is 9.83. The number of carbonyl (C=O) groups excluding carboxylic acids is 1. The van der Waals surface area contributed by atoms with Gasteiger partial charge < -0.3 is 4.74 Å². The lowest BCUT2D eigenvalue weighted by Crippen LogP contribution is -2.48. The number of ether oxygens (including phenoxy) is 1. The predicted molar refractivity (Wildman–Crippen MR) is 57.1 cm³/mol. The van der Waals surface area contributed by atoms with E-state index in [1.54, 1.807) is 0 Å². The van der Waals surface area contributed by atoms with Crippen molar-refractivity contribution in [2.75, 3.05) is 0 Å². The van der Waals surface area contributed by atoms with E-state index in [0.717, 1.165) is 12.8 Å². The summed E-state index contributed by atoms with van der Waals surface area (Å²) in [6.07, 6.45) is 2.33. The van der Waals surface area contributed by atoms with Crippen LogP contribution in [-0.4, -0.2) is 22.5 Å². The molecule has 1 amide bonds. The van der Waals surface area contributed by atoms with E-state index in [-0.39, 0.29) is 11.3 Å². The maximum absolute atomic E-state index is 11.7. The second-order valence-electron chi connectivity index (χ2n) is 5.49. The van der Waals surface area contributed by atoms with Crippen LogP contribution in [0.15, 0.2) is 5.10 Å². The first-order valence-corrected chi connectivity index (χ1v) is 5.44. The van der Waals surface area contributed by atoms with Gasteiger partial charge >= 0.3 is 0 Å². The first-order valence-electron chi connectivity index (χ1n) is 5.44. The quantitative estimate of drug-likeness (QED) is 0.614. The summed E-state index contributed by atoms with van der Waals surface area (Å²) in [5, 5.41) is 5.84. The van der Waals surface area contributed by atoms with Crippen molar-refractivity contribution in [1.29, 1.82) is 0 Å². The van der Waals surface area contributed by atoms with Crippen LogP contribution in [0.1, 0.15) is 47.0 Å². The fraction of sp³-hybridized carbons (Fsp3) is 0.818. The van der Waals surface area contributed by atoms with Crippen LogP contribution in [0.3, 0.4) is 0 Å². The number of carbonyl (C=O) groups is 1. The molecule has 0 spiro atoms. The lowest BCUT2D eigenvalue weighted by atomic mass is 9.96. The maximum Gasteiger partial charge on any atom is 0.246 e. The molecule has 2 rings (SSSR count). The average molecular weight is 210 g/mol. The molecule has 84 valence electrons. The topological polar surface area (TPSA) is 41.9 Å². The van der Waals surface area contributed by atoms with Crippen molar-refractivity contribution < 1.29 is 9.53 Å². The van der Waals surface area contributed by atoms with E-state index in [4.69, 9.17) is 4.74 Å². The minimum absolute atomic E-state index is 0.0722. The molecule has 2 heterocycles. The van der Waals surface area contributed by atoms with Gasteiger partial charge in [0.2, 0.25) is 17.5 Å². The van der Waals surface area contributed by atoms with Crippen LogP contribution in [0.4, 0.5) is 0 Å². The van der Waals surface area contributed by atoms with Gasteiger partial charge in [-0.05, 0) is 13.3 Å². The molecule has 0 aromatic rings. The van der Waals surface area contributed by atoms with Crippen molar-refractivity contribution in [2.24, 2.45) is 10.5 Å². The van der Waals surface area contributed by atoms with Gasteiger partial charge in [0, 0.05) is 18.3 Å². The Kier molecular flexibility index (Phi) is 2.07. The Balaban J connectivity index is 2.30. The summed E-state index contributed by atoms with van der Waals surface area (Å²) in [5.74, 6) is 0.739. The molecule has 4 heteroatoms. The van der Waals surface area contributed by atoms with E-state index < -0.39 is 5.72 Å². The molecule has 2 aliphatic rings. The lowest BCUT2D eigenvalue weighted by molar-refractivity contribution is -0.154. The Morgan fingerprint density at radius 2 is 2.13 bits per heavy atom. The van der Waals surface area contributed by atoms with Gasteiger partial charge in [-0.15, -0.1) is 5.10 Å². The third kappa shape index (κ3) is 1.62. The van der Waals surface area contributed by atoms with Gasteiger partial charge in [-0.2, -0.15) is 5.01 Å². The predicted octanol–water partition coefficient (Wildman–Crippen LogP) is 2.10. The Morgan fingerprint density at radius 1 is 1.47 bits per heavy atom. The Labute approximate surface area is 90.3 Å². The molecule has 0 bridgehead atoms. The zero-order valence-corrected chi connectivity index (χ0v) is 9.83. The number of hydrogen-bond donors (Lipinski definition) is 0. The summed E-state index contributed by atoms with van der Waals surface area (Å²) in [4.78, 5) is 11.7. The van der Waals surface area contributed by atoms with Crippen molar-refractivity contribution in [2.45, 2.75) is 52.7 Å². The molecule has 0 aromatic carbocycles. The summed E-state index contributed by atoms with van der Waals surface area (Å²) >= 11 is 0. The summed E-state index contributed by atoms with van der Waals surface area (Å²) in [7, 11) is 0. The molecule has 1 saturated heterocycles. The Hall–Kier alpha value is -1.06. The third-order valence-corrected chi connectivity index (χ3v) is 2.86. The van der Waals surface area contributed by atoms with Gasteiger partial charge in [-0.3, -0.25) is 4.79 Å². The van der Waals surface area contributed by atoms with Gasteiger partial charge in [0.25, 0.3) is 0 Å². The first-order chi connectivity index (χ1) is 6.83. The minimum atomic E-state index is -0.530. The standard InChI is InChI=1S/C11H18N2O2/c1-10(2,3)9-12-13-8(14)6-5-7-11(13,4)15-9/h5-7H2,1-4H3. The summed E-state index contributed by atoms with van der Waals surface area (Å²) in [6, 6.07) is 0. The molecule has 0 aromatic heterocycles. The molecule has 1 atom stereocenters. The van der Waals surface area contributed by atoms with Gasteiger partial charge in [0.15, 0.2) is 0 Å². The second kappa shape index (κ2) is 2.97. The van der Waals surface area contributed by atoms with Crippen molar-refractivity contribution in [1.82, 2.24) is 5.01 Å². The number of nitrogens with zero attached hydrogens (tertiary/aromatic N) is 2. The number of fused-ring (bicyclic) bond motifs is 1. The van der Waals surface area contributed by atoms with E-state index in [9.17, 15) is 4.79 Å². The molecular weight excluding hydrogens is 192 g/mol. The molecule has 4 nitrogen and oxygen atoms in total. The van der Waals surface area contributed by atoms with Gasteiger partial charge in [-0.1, -0.05) is 20.8 Å². The molecule has 1 unspecified atom stereocenters. The van der Waals surface area contributed by atoms with Crippen LogP contribution in [0.2, 0.25) is 0 Å². The first kappa shape index (κ1) is 10.5. The lowest BCUT2D eigenvalue weighted by Gasteiger charge is -2.35. The Morgan fingerprint density at radius 3 is 2.67 bits per heavy atom. The highest BCUT2D eigenvalue weighted by atomic mass is 16.6. The SMILES string of the molecule is CC(C)(C)C1=NN2C(=O)CCCC2(C)O1. The molecule has 1 fully saturated rings. The fourth-order valence-electron chi connectivity index (χ4n) is 1.92. The van der Waals surface area contributed by atoms with Crippen LogP contribution in [0, 0.1) is 5.41 Å². The van der Waals surface area contributed by atoms with E-state index >= 15 is 0 Å². The summed E-state index contributed by atoms with van der Waals surface area (Å²) < 4.78 is 5.84. The van der Waals surface area contributed by atoms with E-state index in [0.29, 0.717) is 12.3 Å². The molecule has 0 radical (unpaired) electrons. The monoisotopic (exact) mass is 210 g/mol. The summed E-state index contributed by atoms with van der Waals surface area (Å²) in [6.45, 7) is 8.06. The molecule has 0 aliphatic carbocycles. The highest BCUT2D eigenvalue weighted by Gasteiger charge is 2.48. The van der Waals surface area contributed by atoms with Crippen LogP contribution in [0.25, 0.3) is 0 Å². The smallest absolute Gasteiger partial charge is 0.246 e. The number of piperidine rings is 1. The van der Waals surface area contributed by atoms with Crippen LogP contribution in [-0.2, 0) is 9.53 Å². The van der Waals surface area contributed by atoms with Crippen molar-refractivity contribution in [3.63, 3.8) is 0 Å². The molecule has 0 N–H and O–H groups in total. The van der Waals surface area contributed by atoms with Crippen molar-refractivity contribution in [3.8, 4) is 0 Å². The normalized spacial score (nSPS) is 31.1. The second-order valence-corrected chi connectivity index (χ2v) is 5.49. The zero-order chi connectivity index (χ0) is 11.3. The molecule has 15 heavy (non-hydrogen) atoms. The van der Waals surface area contributed by atoms with Crippen molar-refractivity contribution in [3.05, 3.63) is 0 Å². The van der Waals surface area contributed by atoms with Crippen LogP contribution in [0.5, 0.6) is 0 Å². The third-order valence-electron chi connectivity index (χ3n) is 2.86. The highest BCUT2D eigenvalue weighted by Crippen LogP contribution is 2.38. The summed E-state index contributed by atoms with van der Waals surface area (Å²) in [5.41, 5.74) is -0.668. The van der Waals surface area contributed by atoms with Gasteiger partial charge in [0.1, 0.15) is 0 Å². The van der Waals surface area contributed by atoms with Gasteiger partial charge in [0.05, 0.1) is 0 Å². The van der Waals surface area contributed by atoms with E-state index in [2.05, 4.69) is 5.10 Å². The maximum atomic E-state index is 11.7. The number of amides is 1. The minimum Gasteiger partial charge on any atom is -0.451 e. The Bertz CT molecular complexity index is 330. The highest BCUT2D eigenvalue weighted by molar-refractivity contribution is 5.87. The number of hydrazone groups is 1. The largest absolute Gasteiger partial charge is 0.451 e. The number of rotatable bonds is 0. The fourth-order valence-corrected chi connectivity index (χ4v) is 1.92.